The van der Waals surface area contributed by atoms with Gasteiger partial charge in [0.2, 0.25) is 0 Å². The van der Waals surface area contributed by atoms with Crippen LogP contribution in [0.3, 0.4) is 0 Å². The van der Waals surface area contributed by atoms with Crippen LogP contribution in [0.4, 0.5) is 5.69 Å². The van der Waals surface area contributed by atoms with Crippen LogP contribution >= 0.6 is 24.0 Å². The van der Waals surface area contributed by atoms with Gasteiger partial charge in [0.1, 0.15) is 4.32 Å². The third kappa shape index (κ3) is 4.34. The standard InChI is InChI=1S/C21H22N2OS2/c1-14(2)17-8-6-16(7-9-17)12-19-20(24)23(21(25)26-19)13-22-18-10-4-15(3)5-11-18/h4-12,14,22H,13H2,1-3H3/b19-12+. The van der Waals surface area contributed by atoms with Crippen LogP contribution in [0.5, 0.6) is 0 Å². The van der Waals surface area contributed by atoms with Gasteiger partial charge in [-0.2, -0.15) is 0 Å². The van der Waals surface area contributed by atoms with Crippen molar-refractivity contribution in [2.45, 2.75) is 26.7 Å². The largest absolute Gasteiger partial charge is 0.367 e. The number of thiocarbonyl (C=S) groups is 1. The summed E-state index contributed by atoms with van der Waals surface area (Å²) in [6, 6.07) is 16.4. The highest BCUT2D eigenvalue weighted by Crippen LogP contribution is 2.32. The number of nitrogens with one attached hydrogen (secondary N) is 1. The topological polar surface area (TPSA) is 32.3 Å². The van der Waals surface area contributed by atoms with E-state index in [9.17, 15) is 4.79 Å². The summed E-state index contributed by atoms with van der Waals surface area (Å²) in [6.07, 6.45) is 1.91. The maximum Gasteiger partial charge on any atom is 0.267 e. The first-order chi connectivity index (χ1) is 12.4. The minimum atomic E-state index is -0.0486. The monoisotopic (exact) mass is 382 g/mol. The van der Waals surface area contributed by atoms with Crippen molar-refractivity contribution in [3.8, 4) is 0 Å². The molecule has 1 N–H and O–H groups in total. The molecule has 0 bridgehead atoms. The normalized spacial score (nSPS) is 16.0. The molecular formula is C21H22N2OS2. The van der Waals surface area contributed by atoms with Gasteiger partial charge in [-0.05, 0) is 42.2 Å². The molecule has 0 saturated carbocycles. The number of nitrogens with zero attached hydrogens (tertiary/aromatic N) is 1. The maximum atomic E-state index is 12.7. The van der Waals surface area contributed by atoms with E-state index in [1.165, 1.54) is 22.9 Å². The van der Waals surface area contributed by atoms with E-state index in [1.807, 2.05) is 49.4 Å². The molecule has 1 fully saturated rings. The summed E-state index contributed by atoms with van der Waals surface area (Å²) in [6.45, 7) is 6.75. The number of carbonyl (C=O) groups is 1. The minimum absolute atomic E-state index is 0.0486. The second-order valence-electron chi connectivity index (χ2n) is 6.63. The highest BCUT2D eigenvalue weighted by Gasteiger charge is 2.31. The molecule has 1 saturated heterocycles. The zero-order chi connectivity index (χ0) is 18.7. The molecule has 1 amide bonds. The smallest absolute Gasteiger partial charge is 0.267 e. The molecule has 0 spiro atoms. The Kier molecular flexibility index (Phi) is 5.79. The zero-order valence-corrected chi connectivity index (χ0v) is 16.8. The molecule has 5 heteroatoms. The van der Waals surface area contributed by atoms with Crippen LogP contribution in [0.25, 0.3) is 6.08 Å². The number of benzene rings is 2. The molecule has 0 radical (unpaired) electrons. The molecule has 1 heterocycles. The fourth-order valence-electron chi connectivity index (χ4n) is 2.61. The van der Waals surface area contributed by atoms with Crippen molar-refractivity contribution in [2.75, 3.05) is 12.0 Å². The van der Waals surface area contributed by atoms with E-state index in [0.717, 1.165) is 11.3 Å². The molecule has 2 aromatic carbocycles. The first kappa shape index (κ1) is 18.7. The number of amides is 1. The Bertz CT molecular complexity index is 839. The molecule has 134 valence electrons. The average molecular weight is 383 g/mol. The number of aryl methyl sites for hydroxylation is 1. The Labute approximate surface area is 164 Å². The van der Waals surface area contributed by atoms with E-state index < -0.39 is 0 Å². The lowest BCUT2D eigenvalue weighted by atomic mass is 10.0. The van der Waals surface area contributed by atoms with Crippen molar-refractivity contribution in [1.82, 2.24) is 4.90 Å². The molecule has 3 nitrogen and oxygen atoms in total. The van der Waals surface area contributed by atoms with Crippen molar-refractivity contribution in [1.29, 1.82) is 0 Å². The van der Waals surface area contributed by atoms with Crippen molar-refractivity contribution in [3.05, 3.63) is 70.1 Å². The van der Waals surface area contributed by atoms with E-state index in [2.05, 4.69) is 31.3 Å². The van der Waals surface area contributed by atoms with Gasteiger partial charge in [-0.1, -0.05) is 79.8 Å². The van der Waals surface area contributed by atoms with Crippen LogP contribution in [0, 0.1) is 6.92 Å². The fraction of sp³-hybridized carbons (Fsp3) is 0.238. The number of thioether (sulfide) groups is 1. The zero-order valence-electron chi connectivity index (χ0n) is 15.2. The first-order valence-corrected chi connectivity index (χ1v) is 9.82. The van der Waals surface area contributed by atoms with Crippen molar-refractivity contribution in [3.63, 3.8) is 0 Å². The molecule has 2 aromatic rings. The van der Waals surface area contributed by atoms with E-state index >= 15 is 0 Å². The third-order valence-electron chi connectivity index (χ3n) is 4.27. The Morgan fingerprint density at radius 1 is 1.12 bits per heavy atom. The average Bonchev–Trinajstić information content (AvgIpc) is 2.88. The molecule has 1 aliphatic rings. The van der Waals surface area contributed by atoms with Crippen LogP contribution in [0.15, 0.2) is 53.4 Å². The molecular weight excluding hydrogens is 360 g/mol. The lowest BCUT2D eigenvalue weighted by Crippen LogP contribution is -2.33. The van der Waals surface area contributed by atoms with Crippen molar-refractivity contribution < 1.29 is 4.79 Å². The van der Waals surface area contributed by atoms with Gasteiger partial charge in [-0.3, -0.25) is 9.69 Å². The van der Waals surface area contributed by atoms with Gasteiger partial charge in [0.05, 0.1) is 11.6 Å². The summed E-state index contributed by atoms with van der Waals surface area (Å²) in [7, 11) is 0. The highest BCUT2D eigenvalue weighted by molar-refractivity contribution is 8.26. The SMILES string of the molecule is Cc1ccc(NCN2C(=O)/C(=C\c3ccc(C(C)C)cc3)SC2=S)cc1. The number of rotatable bonds is 5. The predicted octanol–water partition coefficient (Wildman–Crippen LogP) is 5.39. The van der Waals surface area contributed by atoms with Crippen molar-refractivity contribution >= 4 is 46.0 Å². The van der Waals surface area contributed by atoms with Crippen LogP contribution in [-0.2, 0) is 4.79 Å². The molecule has 0 atom stereocenters. The molecule has 0 aliphatic carbocycles. The van der Waals surface area contributed by atoms with Crippen LogP contribution in [0.1, 0.15) is 36.5 Å². The lowest BCUT2D eigenvalue weighted by Gasteiger charge is -2.16. The minimum Gasteiger partial charge on any atom is -0.367 e. The predicted molar refractivity (Wildman–Crippen MR) is 115 cm³/mol. The van der Waals surface area contributed by atoms with E-state index in [-0.39, 0.29) is 5.91 Å². The maximum absolute atomic E-state index is 12.7. The summed E-state index contributed by atoms with van der Waals surface area (Å²) in [5.74, 6) is 0.447. The first-order valence-electron chi connectivity index (χ1n) is 8.60. The van der Waals surface area contributed by atoms with Gasteiger partial charge in [0.25, 0.3) is 5.91 Å². The third-order valence-corrected chi connectivity index (χ3v) is 5.65. The van der Waals surface area contributed by atoms with Gasteiger partial charge in [0.15, 0.2) is 0 Å². The summed E-state index contributed by atoms with van der Waals surface area (Å²) in [5, 5.41) is 3.26. The fourth-order valence-corrected chi connectivity index (χ4v) is 3.86. The van der Waals surface area contributed by atoms with E-state index in [1.54, 1.807) is 4.90 Å². The van der Waals surface area contributed by atoms with Gasteiger partial charge in [-0.15, -0.1) is 0 Å². The Morgan fingerprint density at radius 3 is 2.38 bits per heavy atom. The molecule has 26 heavy (non-hydrogen) atoms. The molecule has 0 aromatic heterocycles. The van der Waals surface area contributed by atoms with Gasteiger partial charge in [-0.25, -0.2) is 0 Å². The van der Waals surface area contributed by atoms with Crippen molar-refractivity contribution in [2.24, 2.45) is 0 Å². The number of hydrogen-bond donors (Lipinski definition) is 1. The number of carbonyl (C=O) groups excluding carboxylic acids is 1. The van der Waals surface area contributed by atoms with Crippen LogP contribution < -0.4 is 5.32 Å². The summed E-state index contributed by atoms with van der Waals surface area (Å²) >= 11 is 6.74. The number of hydrogen-bond acceptors (Lipinski definition) is 4. The van der Waals surface area contributed by atoms with Crippen LogP contribution in [-0.4, -0.2) is 21.8 Å². The lowest BCUT2D eigenvalue weighted by molar-refractivity contribution is -0.121. The van der Waals surface area contributed by atoms with Crippen LogP contribution in [0.2, 0.25) is 0 Å². The molecule has 1 aliphatic heterocycles. The highest BCUT2D eigenvalue weighted by atomic mass is 32.2. The Balaban J connectivity index is 1.68. The summed E-state index contributed by atoms with van der Waals surface area (Å²) < 4.78 is 0.583. The van der Waals surface area contributed by atoms with Gasteiger partial charge in [0, 0.05) is 5.69 Å². The summed E-state index contributed by atoms with van der Waals surface area (Å²) in [4.78, 5) is 15.0. The molecule has 0 unspecified atom stereocenters. The van der Waals surface area contributed by atoms with E-state index in [0.29, 0.717) is 21.8 Å². The quantitative estimate of drug-likeness (QED) is 0.555. The number of anilines is 1. The molecule has 3 rings (SSSR count). The second kappa shape index (κ2) is 8.06. The second-order valence-corrected chi connectivity index (χ2v) is 8.31. The summed E-state index contributed by atoms with van der Waals surface area (Å²) in [5.41, 5.74) is 4.48. The van der Waals surface area contributed by atoms with Gasteiger partial charge >= 0.3 is 0 Å². The van der Waals surface area contributed by atoms with Gasteiger partial charge < -0.3 is 5.32 Å². The van der Waals surface area contributed by atoms with E-state index in [4.69, 9.17) is 12.2 Å². The Morgan fingerprint density at radius 2 is 1.77 bits per heavy atom. The Hall–Kier alpha value is -2.11.